The summed E-state index contributed by atoms with van der Waals surface area (Å²) in [6, 6.07) is 11.1. The van der Waals surface area contributed by atoms with E-state index in [1.54, 1.807) is 6.07 Å². The zero-order chi connectivity index (χ0) is 14.2. The zero-order valence-corrected chi connectivity index (χ0v) is 11.6. The minimum Gasteiger partial charge on any atom is -0.486 e. The number of nitrogens with two attached hydrogens (primary N) is 1. The predicted octanol–water partition coefficient (Wildman–Crippen LogP) is 1.81. The average molecular weight is 286 g/mol. The highest BCUT2D eigenvalue weighted by Gasteiger charge is 2.29. The van der Waals surface area contributed by atoms with E-state index < -0.39 is 0 Å². The van der Waals surface area contributed by atoms with Crippen molar-refractivity contribution >= 4 is 0 Å². The maximum Gasteiger partial charge on any atom is 0.161 e. The molecule has 0 aromatic heterocycles. The molecule has 2 aromatic rings. The van der Waals surface area contributed by atoms with Gasteiger partial charge in [0, 0.05) is 17.5 Å². The number of benzene rings is 2. The first-order valence-corrected chi connectivity index (χ1v) is 7.33. The smallest absolute Gasteiger partial charge is 0.161 e. The van der Waals surface area contributed by atoms with Gasteiger partial charge in [0.1, 0.15) is 25.1 Å². The Morgan fingerprint density at radius 1 is 1.00 bits per heavy atom. The van der Waals surface area contributed by atoms with E-state index in [2.05, 4.69) is 11.4 Å². The molecule has 0 saturated carbocycles. The lowest BCUT2D eigenvalue weighted by molar-refractivity contribution is -0.690. The summed E-state index contributed by atoms with van der Waals surface area (Å²) in [5.74, 6) is 1.44. The van der Waals surface area contributed by atoms with E-state index in [0.717, 1.165) is 35.6 Å². The van der Waals surface area contributed by atoms with Crippen LogP contribution in [0.25, 0.3) is 0 Å². The number of quaternary nitrogens is 1. The molecular formula is C17H17FNO2+. The summed E-state index contributed by atoms with van der Waals surface area (Å²) in [6.45, 7) is 2.11. The third kappa shape index (κ3) is 2.16. The van der Waals surface area contributed by atoms with Crippen molar-refractivity contribution in [3.05, 3.63) is 58.9 Å². The van der Waals surface area contributed by atoms with E-state index in [0.29, 0.717) is 13.2 Å². The standard InChI is InChI=1S/C17H16FNO2/c18-14-4-2-1-3-12(14)17-13-10-16-15(20-7-8-21-16)9-11(13)5-6-19-17/h1-4,9-10,17,19H,5-8H2/p+1/t17-/m0/s1. The van der Waals surface area contributed by atoms with Crippen molar-refractivity contribution in [3.8, 4) is 11.5 Å². The second kappa shape index (κ2) is 5.04. The van der Waals surface area contributed by atoms with Gasteiger partial charge in [-0.05, 0) is 29.8 Å². The lowest BCUT2D eigenvalue weighted by Gasteiger charge is -2.27. The molecule has 0 aliphatic carbocycles. The van der Waals surface area contributed by atoms with Crippen molar-refractivity contribution in [2.75, 3.05) is 19.8 Å². The highest BCUT2D eigenvalue weighted by molar-refractivity contribution is 5.51. The van der Waals surface area contributed by atoms with Crippen molar-refractivity contribution in [1.82, 2.24) is 0 Å². The number of hydrogen-bond donors (Lipinski definition) is 1. The van der Waals surface area contributed by atoms with Gasteiger partial charge in [-0.25, -0.2) is 4.39 Å². The molecule has 2 aromatic carbocycles. The van der Waals surface area contributed by atoms with Crippen molar-refractivity contribution < 1.29 is 19.2 Å². The first-order valence-electron chi connectivity index (χ1n) is 7.33. The molecule has 3 nitrogen and oxygen atoms in total. The maximum atomic E-state index is 14.1. The van der Waals surface area contributed by atoms with Crippen LogP contribution in [-0.4, -0.2) is 19.8 Å². The molecule has 2 aliphatic heterocycles. The summed E-state index contributed by atoms with van der Waals surface area (Å²) < 4.78 is 25.4. The van der Waals surface area contributed by atoms with Crippen molar-refractivity contribution in [2.24, 2.45) is 0 Å². The summed E-state index contributed by atoms with van der Waals surface area (Å²) in [7, 11) is 0. The summed E-state index contributed by atoms with van der Waals surface area (Å²) >= 11 is 0. The summed E-state index contributed by atoms with van der Waals surface area (Å²) in [5.41, 5.74) is 3.10. The Labute approximate surface area is 122 Å². The lowest BCUT2D eigenvalue weighted by Crippen LogP contribution is -2.87. The average Bonchev–Trinajstić information content (AvgIpc) is 2.53. The van der Waals surface area contributed by atoms with Crippen LogP contribution in [0.5, 0.6) is 11.5 Å². The third-order valence-corrected chi connectivity index (χ3v) is 4.20. The van der Waals surface area contributed by atoms with E-state index in [9.17, 15) is 4.39 Å². The topological polar surface area (TPSA) is 35.1 Å². The Bertz CT molecular complexity index is 686. The Balaban J connectivity index is 1.82. The Morgan fingerprint density at radius 3 is 2.57 bits per heavy atom. The van der Waals surface area contributed by atoms with Crippen LogP contribution in [0.1, 0.15) is 22.7 Å². The minimum absolute atomic E-state index is 0.00854. The van der Waals surface area contributed by atoms with Crippen LogP contribution in [-0.2, 0) is 6.42 Å². The molecule has 2 aliphatic rings. The third-order valence-electron chi connectivity index (χ3n) is 4.20. The van der Waals surface area contributed by atoms with Gasteiger partial charge in [-0.1, -0.05) is 12.1 Å². The van der Waals surface area contributed by atoms with Crippen molar-refractivity contribution in [2.45, 2.75) is 12.5 Å². The molecule has 0 spiro atoms. The molecule has 1 atom stereocenters. The molecule has 0 bridgehead atoms. The molecule has 0 radical (unpaired) electrons. The number of rotatable bonds is 1. The Morgan fingerprint density at radius 2 is 1.76 bits per heavy atom. The molecule has 2 N–H and O–H groups in total. The van der Waals surface area contributed by atoms with Crippen LogP contribution < -0.4 is 14.8 Å². The van der Waals surface area contributed by atoms with Gasteiger partial charge in [0.05, 0.1) is 6.54 Å². The van der Waals surface area contributed by atoms with Gasteiger partial charge in [-0.15, -0.1) is 0 Å². The zero-order valence-electron chi connectivity index (χ0n) is 11.6. The fourth-order valence-electron chi connectivity index (χ4n) is 3.21. The quantitative estimate of drug-likeness (QED) is 0.867. The fourth-order valence-corrected chi connectivity index (χ4v) is 3.21. The van der Waals surface area contributed by atoms with Crippen LogP contribution in [0.3, 0.4) is 0 Å². The normalized spacial score (nSPS) is 20.0. The minimum atomic E-state index is -0.151. The maximum absolute atomic E-state index is 14.1. The Hall–Kier alpha value is -2.07. The van der Waals surface area contributed by atoms with E-state index in [1.807, 2.05) is 18.2 Å². The molecular weight excluding hydrogens is 269 g/mol. The molecule has 4 heteroatoms. The first-order chi connectivity index (χ1) is 10.3. The van der Waals surface area contributed by atoms with Gasteiger partial charge in [0.25, 0.3) is 0 Å². The van der Waals surface area contributed by atoms with E-state index in [1.165, 1.54) is 11.6 Å². The summed E-state index contributed by atoms with van der Waals surface area (Å²) in [5, 5.41) is 2.19. The molecule has 0 amide bonds. The first kappa shape index (κ1) is 12.7. The fraction of sp³-hybridized carbons (Fsp3) is 0.294. The SMILES string of the molecule is Fc1ccccc1[C@@H]1[NH2+]CCc2cc3c(cc21)OCCO3. The number of fused-ring (bicyclic) bond motifs is 2. The molecule has 0 unspecified atom stereocenters. The predicted molar refractivity (Wildman–Crippen MR) is 76.2 cm³/mol. The molecule has 21 heavy (non-hydrogen) atoms. The molecule has 0 saturated heterocycles. The van der Waals surface area contributed by atoms with Gasteiger partial charge < -0.3 is 14.8 Å². The van der Waals surface area contributed by atoms with E-state index in [-0.39, 0.29) is 11.9 Å². The summed E-state index contributed by atoms with van der Waals surface area (Å²) in [4.78, 5) is 0. The van der Waals surface area contributed by atoms with Crippen molar-refractivity contribution in [1.29, 1.82) is 0 Å². The number of ether oxygens (including phenoxy) is 2. The van der Waals surface area contributed by atoms with Crippen LogP contribution in [0, 0.1) is 5.82 Å². The molecule has 4 rings (SSSR count). The summed E-state index contributed by atoms with van der Waals surface area (Å²) in [6.07, 6.45) is 0.969. The Kier molecular flexibility index (Phi) is 3.04. The molecule has 2 heterocycles. The highest BCUT2D eigenvalue weighted by atomic mass is 19.1. The van der Waals surface area contributed by atoms with E-state index in [4.69, 9.17) is 9.47 Å². The largest absolute Gasteiger partial charge is 0.486 e. The monoisotopic (exact) mass is 286 g/mol. The van der Waals surface area contributed by atoms with Gasteiger partial charge in [0.2, 0.25) is 0 Å². The van der Waals surface area contributed by atoms with Gasteiger partial charge in [0.15, 0.2) is 11.5 Å². The van der Waals surface area contributed by atoms with Gasteiger partial charge >= 0.3 is 0 Å². The molecule has 108 valence electrons. The second-order valence-corrected chi connectivity index (χ2v) is 5.47. The molecule has 0 fully saturated rings. The highest BCUT2D eigenvalue weighted by Crippen LogP contribution is 2.37. The number of hydrogen-bond acceptors (Lipinski definition) is 2. The van der Waals surface area contributed by atoms with Gasteiger partial charge in [-0.2, -0.15) is 0 Å². The van der Waals surface area contributed by atoms with Crippen molar-refractivity contribution in [3.63, 3.8) is 0 Å². The number of halogens is 1. The van der Waals surface area contributed by atoms with Crippen LogP contribution in [0.15, 0.2) is 36.4 Å². The second-order valence-electron chi connectivity index (χ2n) is 5.47. The van der Waals surface area contributed by atoms with Gasteiger partial charge in [-0.3, -0.25) is 0 Å². The van der Waals surface area contributed by atoms with E-state index >= 15 is 0 Å². The lowest BCUT2D eigenvalue weighted by atomic mass is 9.89. The van der Waals surface area contributed by atoms with Crippen LogP contribution in [0.2, 0.25) is 0 Å². The van der Waals surface area contributed by atoms with Crippen LogP contribution in [0.4, 0.5) is 4.39 Å². The van der Waals surface area contributed by atoms with Crippen LogP contribution >= 0.6 is 0 Å².